The molecule has 0 aliphatic rings. The Hall–Kier alpha value is -2.86. The molecule has 0 aliphatic carbocycles. The molecule has 0 radical (unpaired) electrons. The molecular weight excluding hydrogens is 310 g/mol. The van der Waals surface area contributed by atoms with Crippen LogP contribution in [0.2, 0.25) is 0 Å². The molecule has 2 amide bonds. The molecule has 2 aromatic heterocycles. The van der Waals surface area contributed by atoms with Crippen LogP contribution in [0.1, 0.15) is 24.9 Å². The first-order valence-corrected chi connectivity index (χ1v) is 7.86. The minimum atomic E-state index is -0.365. The zero-order valence-corrected chi connectivity index (χ0v) is 13.3. The first-order chi connectivity index (χ1) is 11.1. The average molecular weight is 325 g/mol. The van der Waals surface area contributed by atoms with Crippen molar-refractivity contribution in [2.24, 2.45) is 0 Å². The van der Waals surface area contributed by atoms with E-state index in [4.69, 9.17) is 0 Å². The summed E-state index contributed by atoms with van der Waals surface area (Å²) in [7, 11) is 0. The monoisotopic (exact) mass is 325 g/mol. The van der Waals surface area contributed by atoms with E-state index in [2.05, 4.69) is 10.9 Å². The Bertz CT molecular complexity index is 837. The highest BCUT2D eigenvalue weighted by molar-refractivity contribution is 7.13. The Labute approximate surface area is 137 Å². The summed E-state index contributed by atoms with van der Waals surface area (Å²) in [6.07, 6.45) is 3.72. The highest BCUT2D eigenvalue weighted by Gasteiger charge is 2.14. The Kier molecular flexibility index (Phi) is 4.25. The van der Waals surface area contributed by atoms with Crippen molar-refractivity contribution in [3.63, 3.8) is 0 Å². The second-order valence-electron chi connectivity index (χ2n) is 4.93. The number of thiophene rings is 1. The fourth-order valence-electron chi connectivity index (χ4n) is 2.18. The van der Waals surface area contributed by atoms with Gasteiger partial charge in [0.25, 0.3) is 11.8 Å². The number of hydrogen-bond donors (Lipinski definition) is 2. The van der Waals surface area contributed by atoms with Gasteiger partial charge >= 0.3 is 0 Å². The summed E-state index contributed by atoms with van der Waals surface area (Å²) in [5, 5.41) is 0. The lowest BCUT2D eigenvalue weighted by atomic mass is 10.1. The molecule has 23 heavy (non-hydrogen) atoms. The smallest absolute Gasteiger partial charge is 0.279 e. The van der Waals surface area contributed by atoms with Gasteiger partial charge in [-0.1, -0.05) is 12.1 Å². The molecule has 1 aromatic carbocycles. The van der Waals surface area contributed by atoms with E-state index in [1.54, 1.807) is 18.2 Å². The van der Waals surface area contributed by atoms with Crippen molar-refractivity contribution < 1.29 is 9.59 Å². The lowest BCUT2D eigenvalue weighted by molar-refractivity contribution is 0.0849. The van der Waals surface area contributed by atoms with Crippen LogP contribution in [0.25, 0.3) is 5.69 Å². The topological polar surface area (TPSA) is 63.1 Å². The van der Waals surface area contributed by atoms with E-state index in [1.165, 1.54) is 11.3 Å². The van der Waals surface area contributed by atoms with E-state index < -0.39 is 0 Å². The Morgan fingerprint density at radius 3 is 2.30 bits per heavy atom. The van der Waals surface area contributed by atoms with Gasteiger partial charge in [0.15, 0.2) is 0 Å². The minimum absolute atomic E-state index is 0.324. The third-order valence-electron chi connectivity index (χ3n) is 3.29. The molecule has 0 aliphatic heterocycles. The third-order valence-corrected chi connectivity index (χ3v) is 4.28. The summed E-state index contributed by atoms with van der Waals surface area (Å²) < 4.78 is 1.85. The molecule has 3 rings (SSSR count). The van der Waals surface area contributed by atoms with Crippen LogP contribution in [-0.2, 0) is 0 Å². The molecule has 116 valence electrons. The number of nitrogens with zero attached hydrogens (tertiary/aromatic N) is 1. The third kappa shape index (κ3) is 3.32. The molecule has 0 bridgehead atoms. The summed E-state index contributed by atoms with van der Waals surface area (Å²) in [6, 6.07) is 14.6. The second kappa shape index (κ2) is 6.50. The van der Waals surface area contributed by atoms with Crippen LogP contribution in [0.5, 0.6) is 0 Å². The van der Waals surface area contributed by atoms with Gasteiger partial charge in [-0.3, -0.25) is 20.4 Å². The minimum Gasteiger partial charge on any atom is -0.323 e. The predicted octanol–water partition coefficient (Wildman–Crippen LogP) is 2.92. The molecule has 6 heteroatoms. The fraction of sp³-hybridized carbons (Fsp3) is 0.0588. The predicted molar refractivity (Wildman–Crippen MR) is 89.8 cm³/mol. The van der Waals surface area contributed by atoms with Crippen LogP contribution in [0, 0.1) is 6.92 Å². The standard InChI is InChI=1S/C17H15N3O2S/c1-12-8-9-15(23-12)17(22)19-18-16(21)13-6-2-3-7-14(13)20-10-4-5-11-20/h2-11H,1H3,(H,18,21)(H,19,22). The number of para-hydroxylation sites is 1. The number of aryl methyl sites for hydroxylation is 1. The van der Waals surface area contributed by atoms with Crippen molar-refractivity contribution >= 4 is 23.2 Å². The van der Waals surface area contributed by atoms with Crippen molar-refractivity contribution in [3.8, 4) is 5.69 Å². The van der Waals surface area contributed by atoms with Gasteiger partial charge in [-0.15, -0.1) is 11.3 Å². The van der Waals surface area contributed by atoms with E-state index in [1.807, 2.05) is 54.2 Å². The van der Waals surface area contributed by atoms with Crippen LogP contribution in [0.15, 0.2) is 60.9 Å². The number of nitrogens with one attached hydrogen (secondary N) is 2. The molecule has 0 unspecified atom stereocenters. The molecule has 0 saturated heterocycles. The van der Waals surface area contributed by atoms with E-state index in [9.17, 15) is 9.59 Å². The maximum atomic E-state index is 12.4. The summed E-state index contributed by atoms with van der Waals surface area (Å²) >= 11 is 1.38. The molecule has 0 saturated carbocycles. The van der Waals surface area contributed by atoms with E-state index >= 15 is 0 Å². The zero-order valence-electron chi connectivity index (χ0n) is 12.4. The number of aromatic nitrogens is 1. The van der Waals surface area contributed by atoms with Crippen LogP contribution < -0.4 is 10.9 Å². The van der Waals surface area contributed by atoms with E-state index in [0.717, 1.165) is 10.6 Å². The highest BCUT2D eigenvalue weighted by atomic mass is 32.1. The van der Waals surface area contributed by atoms with Crippen molar-refractivity contribution in [2.45, 2.75) is 6.92 Å². The molecule has 5 nitrogen and oxygen atoms in total. The van der Waals surface area contributed by atoms with E-state index in [0.29, 0.717) is 10.4 Å². The largest absolute Gasteiger partial charge is 0.323 e. The average Bonchev–Trinajstić information content (AvgIpc) is 3.24. The number of rotatable bonds is 3. The Balaban J connectivity index is 1.73. The van der Waals surface area contributed by atoms with Gasteiger partial charge in [0.05, 0.1) is 16.1 Å². The molecule has 0 atom stereocenters. The number of benzene rings is 1. The van der Waals surface area contributed by atoms with Gasteiger partial charge in [0.2, 0.25) is 0 Å². The van der Waals surface area contributed by atoms with Crippen molar-refractivity contribution in [1.82, 2.24) is 15.4 Å². The summed E-state index contributed by atoms with van der Waals surface area (Å²) in [5.74, 6) is -0.689. The lowest BCUT2D eigenvalue weighted by Crippen LogP contribution is -2.41. The van der Waals surface area contributed by atoms with Crippen LogP contribution in [-0.4, -0.2) is 16.4 Å². The van der Waals surface area contributed by atoms with Gasteiger partial charge < -0.3 is 4.57 Å². The van der Waals surface area contributed by atoms with Crippen LogP contribution in [0.4, 0.5) is 0 Å². The molecule has 3 aromatic rings. The fourth-order valence-corrected chi connectivity index (χ4v) is 2.95. The van der Waals surface area contributed by atoms with Gasteiger partial charge in [-0.05, 0) is 43.3 Å². The van der Waals surface area contributed by atoms with Crippen LogP contribution >= 0.6 is 11.3 Å². The van der Waals surface area contributed by atoms with Crippen molar-refractivity contribution in [1.29, 1.82) is 0 Å². The number of carbonyl (C=O) groups is 2. The summed E-state index contributed by atoms with van der Waals surface area (Å²) in [6.45, 7) is 1.92. The maximum absolute atomic E-state index is 12.4. The SMILES string of the molecule is Cc1ccc(C(=O)NNC(=O)c2ccccc2-n2cccc2)s1. The van der Waals surface area contributed by atoms with Gasteiger partial charge in [-0.2, -0.15) is 0 Å². The quantitative estimate of drug-likeness (QED) is 0.727. The summed E-state index contributed by atoms with van der Waals surface area (Å²) in [4.78, 5) is 26.0. The van der Waals surface area contributed by atoms with Gasteiger partial charge in [-0.25, -0.2) is 0 Å². The molecule has 0 spiro atoms. The first-order valence-electron chi connectivity index (χ1n) is 7.04. The number of hydrazine groups is 1. The normalized spacial score (nSPS) is 10.3. The van der Waals surface area contributed by atoms with Crippen molar-refractivity contribution in [3.05, 3.63) is 76.2 Å². The van der Waals surface area contributed by atoms with Crippen molar-refractivity contribution in [2.75, 3.05) is 0 Å². The zero-order chi connectivity index (χ0) is 16.2. The molecular formula is C17H15N3O2S. The summed E-state index contributed by atoms with van der Waals surface area (Å²) in [5.41, 5.74) is 6.13. The Morgan fingerprint density at radius 1 is 0.913 bits per heavy atom. The Morgan fingerprint density at radius 2 is 1.61 bits per heavy atom. The molecule has 0 fully saturated rings. The second-order valence-corrected chi connectivity index (χ2v) is 6.21. The molecule has 2 N–H and O–H groups in total. The first kappa shape index (κ1) is 15.1. The van der Waals surface area contributed by atoms with Gasteiger partial charge in [0.1, 0.15) is 0 Å². The molecule has 2 heterocycles. The highest BCUT2D eigenvalue weighted by Crippen LogP contribution is 2.15. The number of carbonyl (C=O) groups excluding carboxylic acids is 2. The lowest BCUT2D eigenvalue weighted by Gasteiger charge is -2.11. The number of hydrogen-bond acceptors (Lipinski definition) is 3. The number of amides is 2. The van der Waals surface area contributed by atoms with Gasteiger partial charge in [0, 0.05) is 17.3 Å². The van der Waals surface area contributed by atoms with E-state index in [-0.39, 0.29) is 11.8 Å². The maximum Gasteiger partial charge on any atom is 0.279 e. The van der Waals surface area contributed by atoms with Crippen LogP contribution in [0.3, 0.4) is 0 Å².